The molecule has 1 saturated heterocycles. The van der Waals surface area contributed by atoms with Gasteiger partial charge in [-0.25, -0.2) is 8.42 Å². The number of benzene rings is 1. The molecule has 1 N–H and O–H groups in total. The molecule has 1 aliphatic rings. The fraction of sp³-hybridized carbons (Fsp3) is 0.571. The van der Waals surface area contributed by atoms with Crippen molar-refractivity contribution in [2.24, 2.45) is 0 Å². The molecule has 1 atom stereocenters. The number of hydrogen-bond donors (Lipinski definition) is 1. The van der Waals surface area contributed by atoms with Crippen molar-refractivity contribution in [1.82, 2.24) is 4.31 Å². The largest absolute Gasteiger partial charge is 0.497 e. The minimum absolute atomic E-state index is 0.203. The Morgan fingerprint density at radius 1 is 1.48 bits per heavy atom. The summed E-state index contributed by atoms with van der Waals surface area (Å²) in [5, 5.41) is 9.64. The van der Waals surface area contributed by atoms with E-state index < -0.39 is 15.6 Å². The number of nitrogens with zero attached hydrogens (tertiary/aromatic N) is 1. The minimum atomic E-state index is -3.71. The minimum Gasteiger partial charge on any atom is -0.497 e. The normalized spacial score (nSPS) is 22.7. The van der Waals surface area contributed by atoms with Crippen LogP contribution in [-0.4, -0.2) is 57.3 Å². The summed E-state index contributed by atoms with van der Waals surface area (Å²) < 4.78 is 37.3. The van der Waals surface area contributed by atoms with Crippen LogP contribution >= 0.6 is 0 Å². The molecule has 0 unspecified atom stereocenters. The number of hydrogen-bond acceptors (Lipinski definition) is 5. The number of likely N-dealkylation sites (N-methyl/N-ethyl adjacent to an activating group) is 1. The van der Waals surface area contributed by atoms with Gasteiger partial charge in [0, 0.05) is 13.7 Å². The number of methoxy groups -OCH3 is 1. The van der Waals surface area contributed by atoms with Gasteiger partial charge < -0.3 is 14.6 Å². The van der Waals surface area contributed by atoms with Crippen LogP contribution in [0.2, 0.25) is 0 Å². The van der Waals surface area contributed by atoms with E-state index in [1.54, 1.807) is 19.1 Å². The van der Waals surface area contributed by atoms with Gasteiger partial charge in [0.2, 0.25) is 10.0 Å². The van der Waals surface area contributed by atoms with E-state index in [4.69, 9.17) is 9.47 Å². The molecule has 6 nitrogen and oxygen atoms in total. The molecule has 7 heteroatoms. The first-order valence-corrected chi connectivity index (χ1v) is 8.14. The van der Waals surface area contributed by atoms with Crippen LogP contribution < -0.4 is 4.74 Å². The predicted octanol–water partition coefficient (Wildman–Crippen LogP) is 0.776. The van der Waals surface area contributed by atoms with Crippen LogP contribution in [0, 0.1) is 6.92 Å². The number of sulfonamides is 1. The Labute approximate surface area is 125 Å². The van der Waals surface area contributed by atoms with Gasteiger partial charge in [-0.1, -0.05) is 0 Å². The number of aryl methyl sites for hydroxylation is 1. The topological polar surface area (TPSA) is 76.1 Å². The smallest absolute Gasteiger partial charge is 0.243 e. The second-order valence-corrected chi connectivity index (χ2v) is 7.23. The van der Waals surface area contributed by atoms with Gasteiger partial charge in [-0.05, 0) is 37.1 Å². The molecule has 0 bridgehead atoms. The number of aliphatic hydroxyl groups is 1. The van der Waals surface area contributed by atoms with Crippen LogP contribution in [0.3, 0.4) is 0 Å². The van der Waals surface area contributed by atoms with Crippen molar-refractivity contribution in [3.8, 4) is 5.75 Å². The standard InChI is InChI=1S/C14H21NO5S/c1-11-8-12(19-3)4-5-13(11)21(17,18)15(2)14(9-16)6-7-20-10-14/h4-5,8,16H,6-7,9-10H2,1-3H3/t14-/m0/s1. The first kappa shape index (κ1) is 16.2. The molecule has 1 aromatic rings. The van der Waals surface area contributed by atoms with Crippen molar-refractivity contribution in [1.29, 1.82) is 0 Å². The maximum atomic E-state index is 12.8. The lowest BCUT2D eigenvalue weighted by Crippen LogP contribution is -2.52. The zero-order chi connectivity index (χ0) is 15.7. The van der Waals surface area contributed by atoms with E-state index >= 15 is 0 Å². The monoisotopic (exact) mass is 315 g/mol. The number of rotatable bonds is 5. The highest BCUT2D eigenvalue weighted by atomic mass is 32.2. The second kappa shape index (κ2) is 5.92. The zero-order valence-corrected chi connectivity index (χ0v) is 13.3. The molecule has 0 saturated carbocycles. The average Bonchev–Trinajstić information content (AvgIpc) is 2.95. The Hall–Kier alpha value is -1.15. The molecule has 21 heavy (non-hydrogen) atoms. The summed E-state index contributed by atoms with van der Waals surface area (Å²) in [6.07, 6.45) is 0.481. The SMILES string of the molecule is COc1ccc(S(=O)(=O)N(C)[C@]2(CO)CCOC2)c(C)c1. The molecule has 2 rings (SSSR count). The van der Waals surface area contributed by atoms with Crippen LogP contribution in [0.25, 0.3) is 0 Å². The Balaban J connectivity index is 2.42. The summed E-state index contributed by atoms with van der Waals surface area (Å²) in [7, 11) is -0.687. The van der Waals surface area contributed by atoms with Crippen molar-refractivity contribution in [2.75, 3.05) is 34.0 Å². The molecule has 1 heterocycles. The van der Waals surface area contributed by atoms with Gasteiger partial charge in [-0.15, -0.1) is 0 Å². The molecule has 1 fully saturated rings. The fourth-order valence-electron chi connectivity index (χ4n) is 2.51. The average molecular weight is 315 g/mol. The van der Waals surface area contributed by atoms with Gasteiger partial charge in [0.1, 0.15) is 5.75 Å². The van der Waals surface area contributed by atoms with Crippen molar-refractivity contribution in [2.45, 2.75) is 23.8 Å². The summed E-state index contributed by atoms with van der Waals surface area (Å²) in [5.41, 5.74) is -0.279. The van der Waals surface area contributed by atoms with Gasteiger partial charge >= 0.3 is 0 Å². The number of ether oxygens (including phenoxy) is 2. The van der Waals surface area contributed by atoms with Gasteiger partial charge in [0.15, 0.2) is 0 Å². The third-order valence-electron chi connectivity index (χ3n) is 4.07. The maximum absolute atomic E-state index is 12.8. The molecule has 0 amide bonds. The first-order chi connectivity index (χ1) is 9.87. The van der Waals surface area contributed by atoms with E-state index in [2.05, 4.69) is 0 Å². The lowest BCUT2D eigenvalue weighted by atomic mass is 10.0. The molecule has 1 aliphatic heterocycles. The summed E-state index contributed by atoms with van der Waals surface area (Å²) in [4.78, 5) is 0.213. The molecular formula is C14H21NO5S. The maximum Gasteiger partial charge on any atom is 0.243 e. The Morgan fingerprint density at radius 3 is 2.67 bits per heavy atom. The highest BCUT2D eigenvalue weighted by Gasteiger charge is 2.44. The van der Waals surface area contributed by atoms with E-state index in [9.17, 15) is 13.5 Å². The lowest BCUT2D eigenvalue weighted by Gasteiger charge is -2.35. The van der Waals surface area contributed by atoms with Crippen LogP contribution in [0.1, 0.15) is 12.0 Å². The highest BCUT2D eigenvalue weighted by Crippen LogP contribution is 2.32. The van der Waals surface area contributed by atoms with Gasteiger partial charge in [0.25, 0.3) is 0 Å². The van der Waals surface area contributed by atoms with Gasteiger partial charge in [-0.3, -0.25) is 0 Å². The molecule has 118 valence electrons. The summed E-state index contributed by atoms with van der Waals surface area (Å²) in [5.74, 6) is 0.607. The van der Waals surface area contributed by atoms with Crippen LogP contribution in [0.15, 0.2) is 23.1 Å². The zero-order valence-electron chi connectivity index (χ0n) is 12.5. The van der Waals surface area contributed by atoms with Crippen molar-refractivity contribution >= 4 is 10.0 Å². The van der Waals surface area contributed by atoms with Gasteiger partial charge in [-0.2, -0.15) is 4.31 Å². The van der Waals surface area contributed by atoms with E-state index in [1.165, 1.54) is 24.5 Å². The quantitative estimate of drug-likeness (QED) is 0.869. The van der Waals surface area contributed by atoms with Crippen molar-refractivity contribution < 1.29 is 23.0 Å². The highest BCUT2D eigenvalue weighted by molar-refractivity contribution is 7.89. The van der Waals surface area contributed by atoms with E-state index in [0.29, 0.717) is 24.3 Å². The van der Waals surface area contributed by atoms with E-state index in [1.807, 2.05) is 0 Å². The summed E-state index contributed by atoms with van der Waals surface area (Å²) in [6.45, 7) is 2.11. The Bertz CT molecular complexity index is 608. The fourth-order valence-corrected chi connectivity index (χ4v) is 4.22. The van der Waals surface area contributed by atoms with Crippen molar-refractivity contribution in [3.63, 3.8) is 0 Å². The van der Waals surface area contributed by atoms with Crippen molar-refractivity contribution in [3.05, 3.63) is 23.8 Å². The number of aliphatic hydroxyl groups excluding tert-OH is 1. The van der Waals surface area contributed by atoms with Crippen LogP contribution in [-0.2, 0) is 14.8 Å². The molecule has 0 aliphatic carbocycles. The summed E-state index contributed by atoms with van der Waals surface area (Å²) >= 11 is 0. The molecule has 0 aromatic heterocycles. The molecular weight excluding hydrogens is 294 g/mol. The molecule has 1 aromatic carbocycles. The van der Waals surface area contributed by atoms with Crippen LogP contribution in [0.4, 0.5) is 0 Å². The Kier molecular flexibility index (Phi) is 4.57. The van der Waals surface area contributed by atoms with E-state index in [0.717, 1.165) is 0 Å². The van der Waals surface area contributed by atoms with Gasteiger partial charge in [0.05, 0.1) is 30.8 Å². The predicted molar refractivity (Wildman–Crippen MR) is 77.9 cm³/mol. The van der Waals surface area contributed by atoms with Crippen LogP contribution in [0.5, 0.6) is 5.75 Å². The third-order valence-corrected chi connectivity index (χ3v) is 6.19. The Morgan fingerprint density at radius 2 is 2.19 bits per heavy atom. The summed E-state index contributed by atoms with van der Waals surface area (Å²) in [6, 6.07) is 4.82. The third kappa shape index (κ3) is 2.78. The lowest BCUT2D eigenvalue weighted by molar-refractivity contribution is 0.0823. The molecule has 0 spiro atoms. The molecule has 0 radical (unpaired) electrons. The first-order valence-electron chi connectivity index (χ1n) is 6.70. The van der Waals surface area contributed by atoms with E-state index in [-0.39, 0.29) is 18.1 Å². The second-order valence-electron chi connectivity index (χ2n) is 5.29.